The Labute approximate surface area is 218 Å². The Balaban J connectivity index is 1.39. The van der Waals surface area contributed by atoms with Crippen molar-refractivity contribution in [2.24, 2.45) is 7.05 Å². The zero-order chi connectivity index (χ0) is 25.8. The van der Waals surface area contributed by atoms with Gasteiger partial charge in [-0.05, 0) is 29.2 Å². The van der Waals surface area contributed by atoms with Gasteiger partial charge < -0.3 is 19.7 Å². The van der Waals surface area contributed by atoms with Crippen molar-refractivity contribution in [3.8, 4) is 0 Å². The molecule has 0 radical (unpaired) electrons. The third kappa shape index (κ3) is 5.44. The molecular formula is C31H34N4O2. The molecule has 1 saturated heterocycles. The lowest BCUT2D eigenvalue weighted by Crippen LogP contribution is -2.62. The Hall–Kier alpha value is -3.90. The summed E-state index contributed by atoms with van der Waals surface area (Å²) in [6.07, 6.45) is 3.19. The molecule has 1 aromatic heterocycles. The second-order valence-electron chi connectivity index (χ2n) is 9.91. The second-order valence-corrected chi connectivity index (χ2v) is 9.91. The highest BCUT2D eigenvalue weighted by atomic mass is 16.2. The minimum Gasteiger partial charge on any atom is -0.350 e. The van der Waals surface area contributed by atoms with E-state index in [1.54, 1.807) is 4.90 Å². The smallest absolute Gasteiger partial charge is 0.245 e. The summed E-state index contributed by atoms with van der Waals surface area (Å²) >= 11 is 0. The fraction of sp³-hybridized carbons (Fsp3) is 0.290. The summed E-state index contributed by atoms with van der Waals surface area (Å²) in [7, 11) is 3.86. The molecule has 5 rings (SSSR count). The highest BCUT2D eigenvalue weighted by molar-refractivity contribution is 5.91. The van der Waals surface area contributed by atoms with Crippen LogP contribution in [0.5, 0.6) is 0 Å². The van der Waals surface area contributed by atoms with Gasteiger partial charge in [0, 0.05) is 57.3 Å². The molecule has 2 heterocycles. The summed E-state index contributed by atoms with van der Waals surface area (Å²) in [6.45, 7) is 1.67. The number of likely N-dealkylation sites (N-methyl/N-ethyl adjacent to an activating group) is 1. The van der Waals surface area contributed by atoms with Crippen molar-refractivity contribution in [3.05, 3.63) is 108 Å². The lowest BCUT2D eigenvalue weighted by molar-refractivity contribution is -0.148. The normalized spacial score (nSPS) is 16.6. The van der Waals surface area contributed by atoms with Crippen LogP contribution >= 0.6 is 0 Å². The fourth-order valence-electron chi connectivity index (χ4n) is 5.39. The molecule has 1 N–H and O–H groups in total. The van der Waals surface area contributed by atoms with Crippen molar-refractivity contribution in [2.45, 2.75) is 31.5 Å². The van der Waals surface area contributed by atoms with Gasteiger partial charge in [0.25, 0.3) is 0 Å². The summed E-state index contributed by atoms with van der Waals surface area (Å²) in [6, 6.07) is 27.3. The number of carbonyl (C=O) groups excluding carboxylic acids is 2. The van der Waals surface area contributed by atoms with Gasteiger partial charge >= 0.3 is 0 Å². The molecule has 37 heavy (non-hydrogen) atoms. The molecule has 1 aliphatic heterocycles. The molecule has 2 atom stereocenters. The summed E-state index contributed by atoms with van der Waals surface area (Å²) in [5.41, 5.74) is 4.40. The number of piperazine rings is 1. The van der Waals surface area contributed by atoms with Crippen molar-refractivity contribution >= 4 is 22.7 Å². The fourth-order valence-corrected chi connectivity index (χ4v) is 5.39. The van der Waals surface area contributed by atoms with Gasteiger partial charge in [-0.3, -0.25) is 9.59 Å². The van der Waals surface area contributed by atoms with E-state index < -0.39 is 6.04 Å². The predicted molar refractivity (Wildman–Crippen MR) is 147 cm³/mol. The lowest BCUT2D eigenvalue weighted by atomic mass is 9.98. The van der Waals surface area contributed by atoms with Crippen LogP contribution in [-0.2, 0) is 36.0 Å². The largest absolute Gasteiger partial charge is 0.350 e. The summed E-state index contributed by atoms with van der Waals surface area (Å²) < 4.78 is 2.11. The third-order valence-corrected chi connectivity index (χ3v) is 7.30. The maximum absolute atomic E-state index is 13.9. The van der Waals surface area contributed by atoms with Gasteiger partial charge in [-0.15, -0.1) is 0 Å². The molecule has 0 bridgehead atoms. The molecule has 6 nitrogen and oxygen atoms in total. The molecule has 0 saturated carbocycles. The molecule has 0 unspecified atom stereocenters. The van der Waals surface area contributed by atoms with Crippen molar-refractivity contribution in [1.82, 2.24) is 19.7 Å². The summed E-state index contributed by atoms with van der Waals surface area (Å²) in [5.74, 6) is -0.0477. The van der Waals surface area contributed by atoms with Crippen LogP contribution in [0, 0.1) is 0 Å². The van der Waals surface area contributed by atoms with E-state index >= 15 is 0 Å². The monoisotopic (exact) mass is 494 g/mol. The van der Waals surface area contributed by atoms with Gasteiger partial charge in [0.15, 0.2) is 0 Å². The maximum Gasteiger partial charge on any atom is 0.245 e. The summed E-state index contributed by atoms with van der Waals surface area (Å²) in [4.78, 5) is 31.3. The Bertz CT molecular complexity index is 1370. The van der Waals surface area contributed by atoms with Gasteiger partial charge in [0.2, 0.25) is 11.8 Å². The highest BCUT2D eigenvalue weighted by Crippen LogP contribution is 2.24. The first kappa shape index (κ1) is 24.8. The minimum absolute atomic E-state index is 0.0124. The van der Waals surface area contributed by atoms with E-state index in [1.165, 1.54) is 0 Å². The zero-order valence-electron chi connectivity index (χ0n) is 21.5. The number of rotatable bonds is 8. The van der Waals surface area contributed by atoms with E-state index in [9.17, 15) is 9.59 Å². The molecule has 2 amide bonds. The number of carbonyl (C=O) groups is 2. The highest BCUT2D eigenvalue weighted by Gasteiger charge is 2.37. The number of aromatic nitrogens is 1. The van der Waals surface area contributed by atoms with E-state index in [4.69, 9.17) is 0 Å². The van der Waals surface area contributed by atoms with Gasteiger partial charge in [-0.1, -0.05) is 78.9 Å². The molecular weight excluding hydrogens is 460 g/mol. The van der Waals surface area contributed by atoms with E-state index in [0.717, 1.165) is 27.6 Å². The maximum atomic E-state index is 13.9. The first-order chi connectivity index (χ1) is 18.0. The number of fused-ring (bicyclic) bond motifs is 1. The zero-order valence-corrected chi connectivity index (χ0v) is 21.5. The number of nitrogens with one attached hydrogen (secondary N) is 1. The topological polar surface area (TPSA) is 57.6 Å². The average Bonchev–Trinajstić information content (AvgIpc) is 3.24. The van der Waals surface area contributed by atoms with Crippen molar-refractivity contribution in [3.63, 3.8) is 0 Å². The van der Waals surface area contributed by atoms with E-state index in [0.29, 0.717) is 32.5 Å². The average molecular weight is 495 g/mol. The first-order valence-corrected chi connectivity index (χ1v) is 12.9. The molecule has 4 aromatic rings. The van der Waals surface area contributed by atoms with Crippen LogP contribution in [0.1, 0.15) is 16.7 Å². The van der Waals surface area contributed by atoms with E-state index in [1.807, 2.05) is 91.8 Å². The van der Waals surface area contributed by atoms with E-state index in [2.05, 4.69) is 28.2 Å². The summed E-state index contributed by atoms with van der Waals surface area (Å²) in [5, 5.41) is 4.59. The molecule has 190 valence electrons. The lowest BCUT2D eigenvalue weighted by Gasteiger charge is -2.39. The van der Waals surface area contributed by atoms with Crippen molar-refractivity contribution in [1.29, 1.82) is 0 Å². The van der Waals surface area contributed by atoms with Gasteiger partial charge in [-0.25, -0.2) is 0 Å². The Morgan fingerprint density at radius 1 is 0.973 bits per heavy atom. The number of aryl methyl sites for hydroxylation is 1. The number of hydrogen-bond acceptors (Lipinski definition) is 3. The number of para-hydroxylation sites is 1. The van der Waals surface area contributed by atoms with Gasteiger partial charge in [0.1, 0.15) is 6.04 Å². The van der Waals surface area contributed by atoms with Crippen LogP contribution < -0.4 is 5.32 Å². The minimum atomic E-state index is -0.555. The van der Waals surface area contributed by atoms with Crippen molar-refractivity contribution in [2.75, 3.05) is 20.1 Å². The number of nitrogens with zero attached hydrogens (tertiary/aromatic N) is 3. The third-order valence-electron chi connectivity index (χ3n) is 7.30. The molecule has 3 aromatic carbocycles. The molecule has 1 aliphatic rings. The van der Waals surface area contributed by atoms with Crippen LogP contribution in [0.4, 0.5) is 0 Å². The van der Waals surface area contributed by atoms with E-state index in [-0.39, 0.29) is 17.9 Å². The second kappa shape index (κ2) is 11.0. The van der Waals surface area contributed by atoms with Gasteiger partial charge in [0.05, 0.1) is 6.04 Å². The van der Waals surface area contributed by atoms with Crippen LogP contribution in [0.3, 0.4) is 0 Å². The molecule has 1 fully saturated rings. The van der Waals surface area contributed by atoms with Crippen LogP contribution in [-0.4, -0.2) is 58.4 Å². The predicted octanol–water partition coefficient (Wildman–Crippen LogP) is 3.79. The van der Waals surface area contributed by atoms with Crippen molar-refractivity contribution < 1.29 is 9.59 Å². The Morgan fingerprint density at radius 2 is 1.62 bits per heavy atom. The molecule has 6 heteroatoms. The van der Waals surface area contributed by atoms with Gasteiger partial charge in [-0.2, -0.15) is 0 Å². The Morgan fingerprint density at radius 3 is 2.35 bits per heavy atom. The van der Waals surface area contributed by atoms with Crippen LogP contribution in [0.15, 0.2) is 91.1 Å². The SMILES string of the molecule is CN(Cc1ccccc1)C(=O)[C@H](Cc1ccccc1)N1CCN[C@@H](Cc2cn(C)c3ccccc23)C1=O. The number of hydrogen-bond donors (Lipinski definition) is 1. The number of amides is 2. The standard InChI is InChI=1S/C31H34N4O2/c1-33-22-25(26-15-9-10-16-28(26)33)20-27-30(36)35(18-17-32-27)29(19-23-11-5-3-6-12-23)31(37)34(2)21-24-13-7-4-8-14-24/h3-16,22,27,29,32H,17-21H2,1-2H3/t27-,29-/m0/s1. The van der Waals surface area contributed by atoms with Crippen LogP contribution in [0.2, 0.25) is 0 Å². The van der Waals surface area contributed by atoms with Crippen LogP contribution in [0.25, 0.3) is 10.9 Å². The molecule has 0 aliphatic carbocycles. The Kier molecular flexibility index (Phi) is 7.37. The quantitative estimate of drug-likeness (QED) is 0.406. The first-order valence-electron chi connectivity index (χ1n) is 12.9. The molecule has 0 spiro atoms. The number of benzene rings is 3.